The van der Waals surface area contributed by atoms with Gasteiger partial charge in [0.2, 0.25) is 0 Å². The second-order valence-electron chi connectivity index (χ2n) is 4.49. The zero-order valence-electron chi connectivity index (χ0n) is 9.67. The summed E-state index contributed by atoms with van der Waals surface area (Å²) in [6, 6.07) is 1.95. The minimum absolute atomic E-state index is 0.524. The first-order valence-electron chi connectivity index (χ1n) is 5.54. The first-order valence-corrected chi connectivity index (χ1v) is 5.54. The summed E-state index contributed by atoms with van der Waals surface area (Å²) in [7, 11) is 0. The van der Waals surface area contributed by atoms with Crippen LogP contribution in [0, 0.1) is 13.8 Å². The van der Waals surface area contributed by atoms with Gasteiger partial charge < -0.3 is 14.8 Å². The van der Waals surface area contributed by atoms with Crippen molar-refractivity contribution in [2.75, 3.05) is 13.2 Å². The highest BCUT2D eigenvalue weighted by molar-refractivity contribution is 5.82. The van der Waals surface area contributed by atoms with E-state index in [1.165, 1.54) is 0 Å². The van der Waals surface area contributed by atoms with Gasteiger partial charge in [-0.15, -0.1) is 0 Å². The molecule has 2 N–H and O–H groups in total. The van der Waals surface area contributed by atoms with Crippen molar-refractivity contribution in [2.45, 2.75) is 32.1 Å². The summed E-state index contributed by atoms with van der Waals surface area (Å²) in [6.45, 7) is 4.93. The van der Waals surface area contributed by atoms with Gasteiger partial charge in [-0.2, -0.15) is 0 Å². The standard InChI is InChI=1S/C12H17NO3/c1-8-7-10(9(2)13-8)12(11(14)15)3-5-16-6-4-12/h7,13H,3-6H2,1-2H3,(H,14,15). The Morgan fingerprint density at radius 2 is 2.06 bits per heavy atom. The van der Waals surface area contributed by atoms with E-state index in [4.69, 9.17) is 4.74 Å². The third-order valence-electron chi connectivity index (χ3n) is 3.42. The van der Waals surface area contributed by atoms with Crippen LogP contribution in [0.4, 0.5) is 0 Å². The van der Waals surface area contributed by atoms with Gasteiger partial charge in [-0.25, -0.2) is 0 Å². The van der Waals surface area contributed by atoms with Gasteiger partial charge in [-0.1, -0.05) is 0 Å². The number of hydrogen-bond acceptors (Lipinski definition) is 2. The predicted octanol–water partition coefficient (Wildman–Crippen LogP) is 1.76. The van der Waals surface area contributed by atoms with Gasteiger partial charge in [0.25, 0.3) is 0 Å². The predicted molar refractivity (Wildman–Crippen MR) is 59.6 cm³/mol. The summed E-state index contributed by atoms with van der Waals surface area (Å²) >= 11 is 0. The Bertz CT molecular complexity index is 402. The Morgan fingerprint density at radius 3 is 2.50 bits per heavy atom. The molecule has 0 unspecified atom stereocenters. The van der Waals surface area contributed by atoms with Crippen LogP contribution in [-0.2, 0) is 14.9 Å². The van der Waals surface area contributed by atoms with E-state index in [-0.39, 0.29) is 0 Å². The molecule has 16 heavy (non-hydrogen) atoms. The molecule has 0 radical (unpaired) electrons. The molecule has 0 amide bonds. The normalized spacial score (nSPS) is 19.6. The third-order valence-corrected chi connectivity index (χ3v) is 3.42. The van der Waals surface area contributed by atoms with E-state index >= 15 is 0 Å². The van der Waals surface area contributed by atoms with Gasteiger partial charge in [0.15, 0.2) is 0 Å². The summed E-state index contributed by atoms with van der Waals surface area (Å²) in [5.41, 5.74) is 2.13. The minimum atomic E-state index is -0.757. The van der Waals surface area contributed by atoms with E-state index in [1.807, 2.05) is 19.9 Å². The number of carboxylic acid groups (broad SMARTS) is 1. The summed E-state index contributed by atoms with van der Waals surface area (Å²) < 4.78 is 5.27. The van der Waals surface area contributed by atoms with Crippen molar-refractivity contribution in [2.24, 2.45) is 0 Å². The first kappa shape index (κ1) is 11.2. The zero-order chi connectivity index (χ0) is 11.8. The van der Waals surface area contributed by atoms with Crippen molar-refractivity contribution < 1.29 is 14.6 Å². The van der Waals surface area contributed by atoms with Crippen LogP contribution in [-0.4, -0.2) is 29.3 Å². The molecule has 2 rings (SSSR count). The fraction of sp³-hybridized carbons (Fsp3) is 0.583. The van der Waals surface area contributed by atoms with Crippen LogP contribution in [0.15, 0.2) is 6.07 Å². The molecule has 0 saturated carbocycles. The van der Waals surface area contributed by atoms with E-state index < -0.39 is 11.4 Å². The lowest BCUT2D eigenvalue weighted by Crippen LogP contribution is -2.41. The number of aromatic amines is 1. The molecule has 2 heterocycles. The van der Waals surface area contributed by atoms with Gasteiger partial charge in [0, 0.05) is 24.6 Å². The van der Waals surface area contributed by atoms with E-state index in [9.17, 15) is 9.90 Å². The molecule has 1 aromatic rings. The van der Waals surface area contributed by atoms with Crippen molar-refractivity contribution in [3.05, 3.63) is 23.0 Å². The highest BCUT2D eigenvalue weighted by atomic mass is 16.5. The average molecular weight is 223 g/mol. The van der Waals surface area contributed by atoms with Crippen molar-refractivity contribution >= 4 is 5.97 Å². The fourth-order valence-corrected chi connectivity index (χ4v) is 2.54. The van der Waals surface area contributed by atoms with E-state index in [1.54, 1.807) is 0 Å². The molecule has 1 fully saturated rings. The number of aliphatic carboxylic acids is 1. The summed E-state index contributed by atoms with van der Waals surface area (Å²) in [5.74, 6) is -0.738. The second kappa shape index (κ2) is 3.94. The number of carboxylic acids is 1. The van der Waals surface area contributed by atoms with Crippen LogP contribution in [0.25, 0.3) is 0 Å². The van der Waals surface area contributed by atoms with E-state index in [0.29, 0.717) is 26.1 Å². The number of hydrogen-bond donors (Lipinski definition) is 2. The molecule has 0 spiro atoms. The van der Waals surface area contributed by atoms with Gasteiger partial charge in [-0.3, -0.25) is 4.79 Å². The van der Waals surface area contributed by atoms with Crippen molar-refractivity contribution in [3.8, 4) is 0 Å². The lowest BCUT2D eigenvalue weighted by molar-refractivity contribution is -0.147. The molecule has 0 aliphatic carbocycles. The molecule has 0 bridgehead atoms. The number of carbonyl (C=O) groups is 1. The van der Waals surface area contributed by atoms with Crippen LogP contribution in [0.1, 0.15) is 29.8 Å². The average Bonchev–Trinajstić information content (AvgIpc) is 2.59. The number of H-pyrrole nitrogens is 1. The van der Waals surface area contributed by atoms with Gasteiger partial charge in [0.1, 0.15) is 0 Å². The maximum atomic E-state index is 11.6. The summed E-state index contributed by atoms with van der Waals surface area (Å²) in [4.78, 5) is 14.7. The topological polar surface area (TPSA) is 62.3 Å². The molecule has 4 nitrogen and oxygen atoms in total. The largest absolute Gasteiger partial charge is 0.481 e. The smallest absolute Gasteiger partial charge is 0.314 e. The molecule has 1 aromatic heterocycles. The third kappa shape index (κ3) is 1.63. The maximum absolute atomic E-state index is 11.6. The first-order chi connectivity index (χ1) is 7.56. The van der Waals surface area contributed by atoms with Gasteiger partial charge in [-0.05, 0) is 38.3 Å². The van der Waals surface area contributed by atoms with Gasteiger partial charge >= 0.3 is 5.97 Å². The number of rotatable bonds is 2. The van der Waals surface area contributed by atoms with Crippen LogP contribution >= 0.6 is 0 Å². The van der Waals surface area contributed by atoms with Crippen LogP contribution in [0.2, 0.25) is 0 Å². The van der Waals surface area contributed by atoms with Crippen LogP contribution in [0.3, 0.4) is 0 Å². The summed E-state index contributed by atoms with van der Waals surface area (Å²) in [5, 5.41) is 9.51. The Morgan fingerprint density at radius 1 is 1.44 bits per heavy atom. The lowest BCUT2D eigenvalue weighted by atomic mass is 9.74. The molecular formula is C12H17NO3. The number of aromatic nitrogens is 1. The summed E-state index contributed by atoms with van der Waals surface area (Å²) in [6.07, 6.45) is 1.11. The van der Waals surface area contributed by atoms with E-state index in [0.717, 1.165) is 17.0 Å². The highest BCUT2D eigenvalue weighted by Crippen LogP contribution is 2.37. The van der Waals surface area contributed by atoms with Crippen LogP contribution in [0.5, 0.6) is 0 Å². The molecule has 88 valence electrons. The molecule has 1 saturated heterocycles. The molecule has 0 aromatic carbocycles. The fourth-order valence-electron chi connectivity index (χ4n) is 2.54. The molecular weight excluding hydrogens is 206 g/mol. The minimum Gasteiger partial charge on any atom is -0.481 e. The molecule has 1 aliphatic heterocycles. The monoisotopic (exact) mass is 223 g/mol. The molecule has 4 heteroatoms. The number of ether oxygens (including phenoxy) is 1. The van der Waals surface area contributed by atoms with E-state index in [2.05, 4.69) is 4.98 Å². The van der Waals surface area contributed by atoms with Crippen LogP contribution < -0.4 is 0 Å². The van der Waals surface area contributed by atoms with Crippen molar-refractivity contribution in [1.29, 1.82) is 0 Å². The Hall–Kier alpha value is -1.29. The molecule has 1 aliphatic rings. The second-order valence-corrected chi connectivity index (χ2v) is 4.49. The number of nitrogens with one attached hydrogen (secondary N) is 1. The van der Waals surface area contributed by atoms with Crippen molar-refractivity contribution in [1.82, 2.24) is 4.98 Å². The highest BCUT2D eigenvalue weighted by Gasteiger charge is 2.43. The SMILES string of the molecule is Cc1cc(C2(C(=O)O)CCOCC2)c(C)[nH]1. The number of aryl methyl sites for hydroxylation is 2. The lowest BCUT2D eigenvalue weighted by Gasteiger charge is -2.33. The Kier molecular flexibility index (Phi) is 2.76. The van der Waals surface area contributed by atoms with Gasteiger partial charge in [0.05, 0.1) is 5.41 Å². The maximum Gasteiger partial charge on any atom is 0.314 e. The Balaban J connectivity index is 2.46. The quantitative estimate of drug-likeness (QED) is 0.803. The van der Waals surface area contributed by atoms with Crippen molar-refractivity contribution in [3.63, 3.8) is 0 Å². The Labute approximate surface area is 94.6 Å². The zero-order valence-corrected chi connectivity index (χ0v) is 9.67. The molecule has 0 atom stereocenters.